The minimum atomic E-state index is -1.75. The average molecular weight is 713 g/mol. The van der Waals surface area contributed by atoms with Gasteiger partial charge in [0.15, 0.2) is 5.60 Å². The largest absolute Gasteiger partial charge is 0.395 e. The van der Waals surface area contributed by atoms with E-state index in [1.165, 1.54) is 0 Å². The Hall–Kier alpha value is -4.12. The lowest BCUT2D eigenvalue weighted by atomic mass is 9.83. The summed E-state index contributed by atoms with van der Waals surface area (Å²) < 4.78 is 2.52. The van der Waals surface area contributed by atoms with Crippen LogP contribution in [0.25, 0.3) is 0 Å². The summed E-state index contributed by atoms with van der Waals surface area (Å²) in [6, 6.07) is 23.2. The molecule has 48 heavy (non-hydrogen) atoms. The number of aryl methyl sites for hydroxylation is 1. The molecule has 4 aromatic rings. The van der Waals surface area contributed by atoms with Crippen LogP contribution in [0.15, 0.2) is 95.6 Å². The monoisotopic (exact) mass is 711 g/mol. The van der Waals surface area contributed by atoms with Gasteiger partial charge in [-0.1, -0.05) is 95.5 Å². The molecule has 10 heteroatoms. The van der Waals surface area contributed by atoms with Gasteiger partial charge in [-0.15, -0.1) is 5.10 Å². The third kappa shape index (κ3) is 7.02. The summed E-state index contributed by atoms with van der Waals surface area (Å²) in [6.07, 6.45) is 11.0. The smallest absolute Gasteiger partial charge is 0.264 e. The maximum atomic E-state index is 14.1. The highest BCUT2D eigenvalue weighted by Crippen LogP contribution is 2.47. The number of aliphatic hydroxyl groups excluding tert-OH is 1. The number of carbonyl (C=O) groups is 2. The van der Waals surface area contributed by atoms with Crippen LogP contribution >= 0.6 is 15.9 Å². The van der Waals surface area contributed by atoms with Gasteiger partial charge in [0.25, 0.3) is 5.91 Å². The Bertz CT molecular complexity index is 1780. The van der Waals surface area contributed by atoms with E-state index < -0.39 is 11.5 Å². The maximum Gasteiger partial charge on any atom is 0.264 e. The Labute approximate surface area is 290 Å². The van der Waals surface area contributed by atoms with Gasteiger partial charge in [-0.2, -0.15) is 0 Å². The minimum absolute atomic E-state index is 0.0646. The van der Waals surface area contributed by atoms with Crippen LogP contribution in [0.1, 0.15) is 73.8 Å². The van der Waals surface area contributed by atoms with Crippen molar-refractivity contribution in [3.8, 4) is 0 Å². The standard InChI is InChI=1S/C38H42BrN5O4/c1-27(12-8-10-20-42-25-34(40-41-42)32(26-45)29-14-5-4-6-15-29)38(48)33-23-30(39)18-19-35(33)44(37(38)47)24-28-13-11-16-31(22-28)43-21-9-3-2-7-17-36(43)46/h4-6,8,11-16,18-19,22-23,25,27,32,45,48H,2-3,7,9-10,17,20-21,24,26H2,1H3/b12-8+/t27-,32?,38+/m0/s1. The molecule has 3 atom stereocenters. The quantitative estimate of drug-likeness (QED) is 0.172. The molecule has 0 radical (unpaired) electrons. The first-order chi connectivity index (χ1) is 23.3. The van der Waals surface area contributed by atoms with Crippen molar-refractivity contribution in [2.24, 2.45) is 5.92 Å². The molecule has 2 aliphatic rings. The SMILES string of the molecule is C[C@@H](/C=C/CCn1cc(C(CO)c2ccccc2)nn1)[C@]1(O)C(=O)N(Cc2cccc(N3CCCCCCC3=O)c2)c2ccc(Br)cc21. The second-order valence-corrected chi connectivity index (χ2v) is 13.7. The number of fused-ring (bicyclic) bond motifs is 1. The van der Waals surface area contributed by atoms with E-state index in [0.29, 0.717) is 42.9 Å². The summed E-state index contributed by atoms with van der Waals surface area (Å²) in [5.41, 5.74) is 2.90. The molecule has 1 fully saturated rings. The van der Waals surface area contributed by atoms with E-state index in [-0.39, 0.29) is 30.9 Å². The number of aliphatic hydroxyl groups is 2. The van der Waals surface area contributed by atoms with Crippen molar-refractivity contribution in [1.82, 2.24) is 15.0 Å². The van der Waals surface area contributed by atoms with Gasteiger partial charge in [-0.05, 0) is 60.7 Å². The predicted molar refractivity (Wildman–Crippen MR) is 189 cm³/mol. The first-order valence-electron chi connectivity index (χ1n) is 16.8. The number of anilines is 2. The van der Waals surface area contributed by atoms with Crippen molar-refractivity contribution in [3.63, 3.8) is 0 Å². The molecule has 0 saturated carbocycles. The van der Waals surface area contributed by atoms with Crippen LogP contribution in [0, 0.1) is 5.92 Å². The van der Waals surface area contributed by atoms with Crippen molar-refractivity contribution in [1.29, 1.82) is 0 Å². The van der Waals surface area contributed by atoms with Gasteiger partial charge in [-0.25, -0.2) is 0 Å². The van der Waals surface area contributed by atoms with Crippen LogP contribution in [0.5, 0.6) is 0 Å². The Morgan fingerprint density at radius 1 is 1.00 bits per heavy atom. The summed E-state index contributed by atoms with van der Waals surface area (Å²) in [7, 11) is 0. The number of halogens is 1. The number of nitrogens with zero attached hydrogens (tertiary/aromatic N) is 5. The fourth-order valence-electron chi connectivity index (χ4n) is 6.80. The van der Waals surface area contributed by atoms with E-state index in [0.717, 1.165) is 47.0 Å². The molecule has 0 bridgehead atoms. The number of aromatic nitrogens is 3. The van der Waals surface area contributed by atoms with Crippen LogP contribution < -0.4 is 9.80 Å². The van der Waals surface area contributed by atoms with Crippen molar-refractivity contribution < 1.29 is 19.8 Å². The van der Waals surface area contributed by atoms with Crippen molar-refractivity contribution in [2.45, 2.75) is 70.1 Å². The fraction of sp³-hybridized carbons (Fsp3) is 0.368. The molecule has 3 aromatic carbocycles. The first-order valence-corrected chi connectivity index (χ1v) is 17.5. The molecule has 2 amide bonds. The second kappa shape index (κ2) is 15.0. The highest BCUT2D eigenvalue weighted by Gasteiger charge is 2.52. The molecule has 6 rings (SSSR count). The van der Waals surface area contributed by atoms with Gasteiger partial charge in [0.05, 0.1) is 30.5 Å². The lowest BCUT2D eigenvalue weighted by Crippen LogP contribution is -2.44. The van der Waals surface area contributed by atoms with Gasteiger partial charge in [0.2, 0.25) is 5.91 Å². The number of hydrogen-bond donors (Lipinski definition) is 2. The molecular formula is C38H42BrN5O4. The van der Waals surface area contributed by atoms with Crippen LogP contribution in [-0.2, 0) is 28.3 Å². The lowest BCUT2D eigenvalue weighted by molar-refractivity contribution is -0.139. The third-order valence-corrected chi connectivity index (χ3v) is 10.0. The lowest BCUT2D eigenvalue weighted by Gasteiger charge is -2.28. The number of benzene rings is 3. The zero-order valence-corrected chi connectivity index (χ0v) is 28.8. The molecule has 1 aromatic heterocycles. The predicted octanol–water partition coefficient (Wildman–Crippen LogP) is 6.48. The summed E-state index contributed by atoms with van der Waals surface area (Å²) in [5.74, 6) is -1.00. The van der Waals surface area contributed by atoms with E-state index in [1.54, 1.807) is 9.58 Å². The Morgan fingerprint density at radius 3 is 2.62 bits per heavy atom. The van der Waals surface area contributed by atoms with E-state index in [9.17, 15) is 19.8 Å². The van der Waals surface area contributed by atoms with Crippen LogP contribution in [-0.4, -0.2) is 50.2 Å². The van der Waals surface area contributed by atoms with Gasteiger partial charge in [-0.3, -0.25) is 14.3 Å². The van der Waals surface area contributed by atoms with E-state index in [4.69, 9.17) is 0 Å². The fourth-order valence-corrected chi connectivity index (χ4v) is 7.16. The molecule has 2 N–H and O–H groups in total. The molecule has 1 unspecified atom stereocenters. The Morgan fingerprint density at radius 2 is 1.81 bits per heavy atom. The summed E-state index contributed by atoms with van der Waals surface area (Å²) >= 11 is 3.54. The zero-order valence-electron chi connectivity index (χ0n) is 27.2. The Balaban J connectivity index is 1.16. The molecule has 2 aliphatic heterocycles. The third-order valence-electron chi connectivity index (χ3n) is 9.52. The van der Waals surface area contributed by atoms with Crippen molar-refractivity contribution >= 4 is 39.1 Å². The second-order valence-electron chi connectivity index (χ2n) is 12.8. The first kappa shape index (κ1) is 33.8. The van der Waals surface area contributed by atoms with Crippen molar-refractivity contribution in [3.05, 3.63) is 118 Å². The molecule has 0 spiro atoms. The Kier molecular flexibility index (Phi) is 10.5. The summed E-state index contributed by atoms with van der Waals surface area (Å²) in [4.78, 5) is 30.6. The van der Waals surface area contributed by atoms with Crippen LogP contribution in [0.4, 0.5) is 11.4 Å². The molecule has 1 saturated heterocycles. The van der Waals surface area contributed by atoms with Gasteiger partial charge < -0.3 is 20.0 Å². The average Bonchev–Trinajstić information content (AvgIpc) is 3.63. The van der Waals surface area contributed by atoms with Crippen LogP contribution in [0.3, 0.4) is 0 Å². The van der Waals surface area contributed by atoms with Gasteiger partial charge in [0, 0.05) is 47.3 Å². The number of amides is 2. The number of rotatable bonds is 11. The number of carbonyl (C=O) groups excluding carboxylic acids is 2. The highest BCUT2D eigenvalue weighted by molar-refractivity contribution is 9.10. The molecule has 9 nitrogen and oxygen atoms in total. The van der Waals surface area contributed by atoms with Gasteiger partial charge >= 0.3 is 0 Å². The van der Waals surface area contributed by atoms with Gasteiger partial charge in [0.1, 0.15) is 0 Å². The number of hydrogen-bond acceptors (Lipinski definition) is 6. The van der Waals surface area contributed by atoms with E-state index >= 15 is 0 Å². The molecule has 3 heterocycles. The molecular weight excluding hydrogens is 670 g/mol. The van der Waals surface area contributed by atoms with Crippen molar-refractivity contribution in [2.75, 3.05) is 23.0 Å². The molecule has 0 aliphatic carbocycles. The summed E-state index contributed by atoms with van der Waals surface area (Å²) in [6.45, 7) is 3.31. The maximum absolute atomic E-state index is 14.1. The topological polar surface area (TPSA) is 112 Å². The highest BCUT2D eigenvalue weighted by atomic mass is 79.9. The molecule has 250 valence electrons. The van der Waals surface area contributed by atoms with Crippen LogP contribution in [0.2, 0.25) is 0 Å². The zero-order chi connectivity index (χ0) is 33.7. The van der Waals surface area contributed by atoms with E-state index in [2.05, 4.69) is 26.2 Å². The minimum Gasteiger partial charge on any atom is -0.395 e. The number of allylic oxidation sites excluding steroid dienone is 1. The normalized spacial score (nSPS) is 19.8. The van der Waals surface area contributed by atoms with E-state index in [1.807, 2.05) is 103 Å². The summed E-state index contributed by atoms with van der Waals surface area (Å²) in [5, 5.41) is 30.7.